The third-order valence-electron chi connectivity index (χ3n) is 4.84. The van der Waals surface area contributed by atoms with Crippen molar-refractivity contribution in [1.29, 1.82) is 5.26 Å². The summed E-state index contributed by atoms with van der Waals surface area (Å²) >= 11 is 0. The number of rotatable bonds is 4. The second-order valence-corrected chi connectivity index (χ2v) is 6.53. The van der Waals surface area contributed by atoms with Crippen LogP contribution in [0.1, 0.15) is 21.5 Å². The monoisotopic (exact) mass is 374 g/mol. The topological polar surface area (TPSA) is 73.5 Å². The molecule has 2 heterocycles. The smallest absolute Gasteiger partial charge is 0.231 e. The van der Waals surface area contributed by atoms with Crippen molar-refractivity contribution in [3.05, 3.63) is 59.0 Å². The number of hydrogen-bond donors (Lipinski definition) is 0. The van der Waals surface area contributed by atoms with E-state index in [2.05, 4.69) is 0 Å². The standard InChI is InChI=1S/C22H18N2O4/c1-13-19(27-9-8-23)7-5-16-21(25)20(28-22(13)16)10-14-12-24(2)18-6-4-15(26-3)11-17(14)18/h4-7,10-12H,9H2,1-3H3/b20-10+. The maximum atomic E-state index is 12.8. The van der Waals surface area contributed by atoms with Crippen molar-refractivity contribution in [3.8, 4) is 23.3 Å². The summed E-state index contributed by atoms with van der Waals surface area (Å²) in [7, 11) is 3.57. The fraction of sp³-hybridized carbons (Fsp3) is 0.182. The normalized spacial score (nSPS) is 14.1. The van der Waals surface area contributed by atoms with Crippen LogP contribution in [0.15, 0.2) is 42.3 Å². The fourth-order valence-corrected chi connectivity index (χ4v) is 3.42. The summed E-state index contributed by atoms with van der Waals surface area (Å²) in [5, 5.41) is 9.67. The Morgan fingerprint density at radius 3 is 2.86 bits per heavy atom. The van der Waals surface area contributed by atoms with Gasteiger partial charge in [-0.2, -0.15) is 5.26 Å². The number of hydrogen-bond acceptors (Lipinski definition) is 5. The summed E-state index contributed by atoms with van der Waals surface area (Å²) < 4.78 is 18.6. The van der Waals surface area contributed by atoms with Crippen molar-refractivity contribution >= 4 is 22.8 Å². The number of nitriles is 1. The Bertz CT molecular complexity index is 1180. The highest BCUT2D eigenvalue weighted by Crippen LogP contribution is 2.39. The molecule has 1 aliphatic rings. The highest BCUT2D eigenvalue weighted by Gasteiger charge is 2.30. The van der Waals surface area contributed by atoms with Gasteiger partial charge in [-0.05, 0) is 43.3 Å². The van der Waals surface area contributed by atoms with Crippen LogP contribution in [0, 0.1) is 18.3 Å². The first-order valence-electron chi connectivity index (χ1n) is 8.74. The lowest BCUT2D eigenvalue weighted by molar-refractivity contribution is 0.101. The first-order valence-corrected chi connectivity index (χ1v) is 8.74. The number of carbonyl (C=O) groups is 1. The van der Waals surface area contributed by atoms with E-state index in [1.54, 1.807) is 25.3 Å². The van der Waals surface area contributed by atoms with E-state index in [1.807, 2.05) is 49.0 Å². The SMILES string of the molecule is COc1ccc2c(c1)c(/C=C1/Oc3c(ccc(OCC#N)c3C)C1=O)cn2C. The predicted molar refractivity (Wildman–Crippen MR) is 105 cm³/mol. The minimum atomic E-state index is -0.176. The van der Waals surface area contributed by atoms with Gasteiger partial charge in [0.1, 0.15) is 23.3 Å². The Balaban J connectivity index is 1.76. The van der Waals surface area contributed by atoms with Crippen LogP contribution in [-0.4, -0.2) is 24.1 Å². The number of aryl methyl sites for hydroxylation is 1. The van der Waals surface area contributed by atoms with Crippen LogP contribution in [0.25, 0.3) is 17.0 Å². The molecule has 3 aromatic rings. The van der Waals surface area contributed by atoms with Gasteiger partial charge in [-0.3, -0.25) is 4.79 Å². The van der Waals surface area contributed by atoms with E-state index in [-0.39, 0.29) is 18.1 Å². The number of carbonyl (C=O) groups excluding carboxylic acids is 1. The largest absolute Gasteiger partial charge is 0.497 e. The van der Waals surface area contributed by atoms with Gasteiger partial charge in [-0.25, -0.2) is 0 Å². The summed E-state index contributed by atoms with van der Waals surface area (Å²) in [5.41, 5.74) is 3.08. The molecule has 2 aromatic carbocycles. The van der Waals surface area contributed by atoms with Crippen LogP contribution in [0.5, 0.6) is 17.2 Å². The maximum absolute atomic E-state index is 12.8. The molecule has 0 bridgehead atoms. The van der Waals surface area contributed by atoms with Crippen LogP contribution < -0.4 is 14.2 Å². The van der Waals surface area contributed by atoms with Crippen molar-refractivity contribution in [3.63, 3.8) is 0 Å². The third kappa shape index (κ3) is 2.78. The number of Topliss-reactive ketones (excluding diaryl/α,β-unsaturated/α-hetero) is 1. The molecule has 28 heavy (non-hydrogen) atoms. The van der Waals surface area contributed by atoms with E-state index in [9.17, 15) is 4.79 Å². The van der Waals surface area contributed by atoms with E-state index in [0.717, 1.165) is 22.2 Å². The first-order chi connectivity index (χ1) is 13.5. The molecular formula is C22H18N2O4. The maximum Gasteiger partial charge on any atom is 0.231 e. The molecule has 0 saturated heterocycles. The van der Waals surface area contributed by atoms with Gasteiger partial charge in [0.2, 0.25) is 5.78 Å². The lowest BCUT2D eigenvalue weighted by atomic mass is 10.1. The number of nitrogens with zero attached hydrogens (tertiary/aromatic N) is 2. The van der Waals surface area contributed by atoms with Crippen molar-refractivity contribution < 1.29 is 19.0 Å². The molecule has 0 amide bonds. The van der Waals surface area contributed by atoms with Crippen LogP contribution >= 0.6 is 0 Å². The average Bonchev–Trinajstić information content (AvgIpc) is 3.19. The van der Waals surface area contributed by atoms with E-state index < -0.39 is 0 Å². The number of benzene rings is 2. The van der Waals surface area contributed by atoms with Gasteiger partial charge in [0.05, 0.1) is 12.7 Å². The molecule has 140 valence electrons. The minimum Gasteiger partial charge on any atom is -0.497 e. The molecule has 0 fully saturated rings. The summed E-state index contributed by atoms with van der Waals surface area (Å²) in [6, 6.07) is 11.1. The van der Waals surface area contributed by atoms with Crippen LogP contribution in [-0.2, 0) is 7.05 Å². The van der Waals surface area contributed by atoms with E-state index in [4.69, 9.17) is 19.5 Å². The minimum absolute atomic E-state index is 0.0614. The Kier molecular flexibility index (Phi) is 4.28. The molecule has 0 N–H and O–H groups in total. The lowest BCUT2D eigenvalue weighted by Crippen LogP contribution is -1.98. The average molecular weight is 374 g/mol. The number of ketones is 1. The van der Waals surface area contributed by atoms with Gasteiger partial charge in [0.25, 0.3) is 0 Å². The zero-order valence-electron chi connectivity index (χ0n) is 15.8. The van der Waals surface area contributed by atoms with Crippen LogP contribution in [0.4, 0.5) is 0 Å². The van der Waals surface area contributed by atoms with Gasteiger partial charge in [0, 0.05) is 35.3 Å². The van der Waals surface area contributed by atoms with Crippen molar-refractivity contribution in [2.24, 2.45) is 7.05 Å². The molecular weight excluding hydrogens is 356 g/mol. The van der Waals surface area contributed by atoms with Gasteiger partial charge >= 0.3 is 0 Å². The van der Waals surface area contributed by atoms with E-state index in [0.29, 0.717) is 22.6 Å². The number of allylic oxidation sites excluding steroid dienone is 1. The molecule has 4 rings (SSSR count). The lowest BCUT2D eigenvalue weighted by Gasteiger charge is -2.08. The van der Waals surface area contributed by atoms with E-state index in [1.165, 1.54) is 0 Å². The zero-order valence-corrected chi connectivity index (χ0v) is 15.8. The molecule has 0 atom stereocenters. The van der Waals surface area contributed by atoms with Gasteiger partial charge in [-0.15, -0.1) is 0 Å². The fourth-order valence-electron chi connectivity index (χ4n) is 3.42. The van der Waals surface area contributed by atoms with E-state index >= 15 is 0 Å². The molecule has 1 aromatic heterocycles. The molecule has 0 unspecified atom stereocenters. The molecule has 6 heteroatoms. The first kappa shape index (κ1) is 17.7. The Labute approximate surface area is 162 Å². The Morgan fingerprint density at radius 1 is 1.29 bits per heavy atom. The van der Waals surface area contributed by atoms with Gasteiger partial charge in [0.15, 0.2) is 12.4 Å². The molecule has 1 aliphatic heterocycles. The van der Waals surface area contributed by atoms with Crippen LogP contribution in [0.2, 0.25) is 0 Å². The Hall–Kier alpha value is -3.72. The summed E-state index contributed by atoms with van der Waals surface area (Å²) in [6.07, 6.45) is 3.70. The quantitative estimate of drug-likeness (QED) is 0.645. The summed E-state index contributed by atoms with van der Waals surface area (Å²) in [4.78, 5) is 12.8. The van der Waals surface area contributed by atoms with Gasteiger partial charge in [-0.1, -0.05) is 0 Å². The van der Waals surface area contributed by atoms with Crippen molar-refractivity contribution in [1.82, 2.24) is 4.57 Å². The Morgan fingerprint density at radius 2 is 2.11 bits per heavy atom. The zero-order chi connectivity index (χ0) is 19.8. The molecule has 0 radical (unpaired) electrons. The van der Waals surface area contributed by atoms with Crippen LogP contribution in [0.3, 0.4) is 0 Å². The second kappa shape index (κ2) is 6.78. The molecule has 0 spiro atoms. The highest BCUT2D eigenvalue weighted by atomic mass is 16.5. The van der Waals surface area contributed by atoms with Crippen molar-refractivity contribution in [2.45, 2.75) is 6.92 Å². The molecule has 0 saturated carbocycles. The number of aromatic nitrogens is 1. The number of ether oxygens (including phenoxy) is 3. The van der Waals surface area contributed by atoms with Gasteiger partial charge < -0.3 is 18.8 Å². The molecule has 6 nitrogen and oxygen atoms in total. The third-order valence-corrected chi connectivity index (χ3v) is 4.84. The van der Waals surface area contributed by atoms with Crippen molar-refractivity contribution in [2.75, 3.05) is 13.7 Å². The summed E-state index contributed by atoms with van der Waals surface area (Å²) in [5.74, 6) is 1.83. The number of fused-ring (bicyclic) bond motifs is 2. The molecule has 0 aliphatic carbocycles. The predicted octanol–water partition coefficient (Wildman–Crippen LogP) is 4.01. The summed E-state index contributed by atoms with van der Waals surface area (Å²) in [6.45, 7) is 1.75. The number of methoxy groups -OCH3 is 1. The second-order valence-electron chi connectivity index (χ2n) is 6.53. The highest BCUT2D eigenvalue weighted by molar-refractivity contribution is 6.15.